The van der Waals surface area contributed by atoms with E-state index in [2.05, 4.69) is 56.2 Å². The molecular formula is C32H42N2O3. The Kier molecular flexibility index (Phi) is 8.41. The third-order valence-corrected chi connectivity index (χ3v) is 8.62. The first-order valence-electron chi connectivity index (χ1n) is 13.8. The largest absolute Gasteiger partial charge is 0.467 e. The third kappa shape index (κ3) is 5.92. The van der Waals surface area contributed by atoms with Gasteiger partial charge in [0.2, 0.25) is 5.91 Å². The van der Waals surface area contributed by atoms with E-state index in [9.17, 15) is 9.59 Å². The fraction of sp³-hybridized carbons (Fsp3) is 0.500. The molecule has 2 N–H and O–H groups in total. The van der Waals surface area contributed by atoms with Crippen LogP contribution in [0.2, 0.25) is 0 Å². The van der Waals surface area contributed by atoms with Crippen molar-refractivity contribution in [3.05, 3.63) is 70.9 Å². The van der Waals surface area contributed by atoms with Gasteiger partial charge in [-0.15, -0.1) is 0 Å². The zero-order valence-electron chi connectivity index (χ0n) is 23.0. The van der Waals surface area contributed by atoms with Gasteiger partial charge in [-0.25, -0.2) is 4.79 Å². The van der Waals surface area contributed by atoms with Crippen LogP contribution in [-0.4, -0.2) is 30.0 Å². The van der Waals surface area contributed by atoms with E-state index in [1.807, 2.05) is 30.5 Å². The molecule has 0 bridgehead atoms. The molecule has 0 spiro atoms. The maximum absolute atomic E-state index is 12.8. The Bertz CT molecular complexity index is 1240. The molecule has 0 fully saturated rings. The number of aryl methyl sites for hydroxylation is 1. The number of H-pyrrole nitrogens is 1. The molecule has 4 rings (SSSR count). The highest BCUT2D eigenvalue weighted by Crippen LogP contribution is 2.45. The van der Waals surface area contributed by atoms with E-state index in [0.717, 1.165) is 42.1 Å². The molecule has 1 aromatic heterocycles. The maximum atomic E-state index is 12.8. The molecule has 3 aromatic rings. The zero-order chi connectivity index (χ0) is 26.6. The van der Waals surface area contributed by atoms with Gasteiger partial charge < -0.3 is 15.0 Å². The number of esters is 1. The van der Waals surface area contributed by atoms with E-state index >= 15 is 0 Å². The summed E-state index contributed by atoms with van der Waals surface area (Å²) < 4.78 is 5.00. The van der Waals surface area contributed by atoms with Crippen LogP contribution in [0, 0.1) is 5.92 Å². The first-order valence-corrected chi connectivity index (χ1v) is 13.8. The number of aromatic nitrogens is 1. The number of amides is 1. The number of para-hydroxylation sites is 1. The van der Waals surface area contributed by atoms with Crippen molar-refractivity contribution >= 4 is 22.8 Å². The Balaban J connectivity index is 1.34. The quantitative estimate of drug-likeness (QED) is 0.243. The molecular weight excluding hydrogens is 460 g/mol. The molecule has 0 saturated carbocycles. The Morgan fingerprint density at radius 1 is 1.16 bits per heavy atom. The highest BCUT2D eigenvalue weighted by molar-refractivity contribution is 5.87. The fourth-order valence-corrected chi connectivity index (χ4v) is 5.97. The summed E-state index contributed by atoms with van der Waals surface area (Å²) in [4.78, 5) is 28.5. The summed E-state index contributed by atoms with van der Waals surface area (Å²) in [5, 5.41) is 3.99. The van der Waals surface area contributed by atoms with Crippen LogP contribution in [0.15, 0.2) is 48.7 Å². The number of hydrogen-bond donors (Lipinski definition) is 2. The van der Waals surface area contributed by atoms with Crippen molar-refractivity contribution in [2.24, 2.45) is 5.92 Å². The number of aromatic amines is 1. The van der Waals surface area contributed by atoms with Crippen molar-refractivity contribution < 1.29 is 14.3 Å². The number of benzene rings is 2. The third-order valence-electron chi connectivity index (χ3n) is 8.62. The summed E-state index contributed by atoms with van der Waals surface area (Å²) in [6.45, 7) is 9.28. The number of rotatable bonds is 10. The number of carbonyl (C=O) groups excluding carboxylic acids is 2. The number of nitrogens with one attached hydrogen (secondary N) is 2. The van der Waals surface area contributed by atoms with Crippen LogP contribution in [0.3, 0.4) is 0 Å². The van der Waals surface area contributed by atoms with Crippen LogP contribution in [-0.2, 0) is 32.6 Å². The number of fused-ring (bicyclic) bond motifs is 2. The minimum absolute atomic E-state index is 0.0981. The lowest BCUT2D eigenvalue weighted by molar-refractivity contribution is -0.145. The molecule has 1 aliphatic rings. The summed E-state index contributed by atoms with van der Waals surface area (Å²) in [6.07, 6.45) is 7.91. The highest BCUT2D eigenvalue weighted by Gasteiger charge is 2.37. The lowest BCUT2D eigenvalue weighted by Gasteiger charge is -2.42. The molecule has 1 amide bonds. The van der Waals surface area contributed by atoms with Crippen molar-refractivity contribution in [1.82, 2.24) is 10.3 Å². The molecule has 37 heavy (non-hydrogen) atoms. The number of hydrogen-bond acceptors (Lipinski definition) is 3. The van der Waals surface area contributed by atoms with Crippen LogP contribution >= 0.6 is 0 Å². The summed E-state index contributed by atoms with van der Waals surface area (Å²) in [5.74, 6) is 0.636. The van der Waals surface area contributed by atoms with Crippen LogP contribution < -0.4 is 5.32 Å². The summed E-state index contributed by atoms with van der Waals surface area (Å²) in [7, 11) is 1.37. The Morgan fingerprint density at radius 3 is 2.70 bits per heavy atom. The highest BCUT2D eigenvalue weighted by atomic mass is 16.5. The van der Waals surface area contributed by atoms with Crippen molar-refractivity contribution in [2.45, 2.75) is 90.0 Å². The van der Waals surface area contributed by atoms with Gasteiger partial charge in [-0.05, 0) is 71.3 Å². The molecule has 0 radical (unpaired) electrons. The molecule has 5 nitrogen and oxygen atoms in total. The maximum Gasteiger partial charge on any atom is 0.328 e. The second kappa shape index (κ2) is 11.5. The summed E-state index contributed by atoms with van der Waals surface area (Å²) in [6, 6.07) is 14.3. The van der Waals surface area contributed by atoms with Gasteiger partial charge in [0, 0.05) is 29.9 Å². The van der Waals surface area contributed by atoms with Crippen LogP contribution in [0.5, 0.6) is 0 Å². The average Bonchev–Trinajstić information content (AvgIpc) is 3.30. The Hall–Kier alpha value is -3.08. The summed E-state index contributed by atoms with van der Waals surface area (Å²) >= 11 is 0. The normalized spacial score (nSPS) is 20.0. The smallest absolute Gasteiger partial charge is 0.328 e. The van der Waals surface area contributed by atoms with Crippen LogP contribution in [0.1, 0.15) is 88.0 Å². The second-order valence-electron chi connectivity index (χ2n) is 11.3. The SMILES string of the molecule is COC(=O)[C@@H](Cc1c[nH]c2ccccc12)NC(=O)CCCC[C@]1(C)c2ccc(C(C)C)cc2CC[C@H]1C. The van der Waals surface area contributed by atoms with E-state index in [0.29, 0.717) is 24.7 Å². The second-order valence-corrected chi connectivity index (χ2v) is 11.3. The minimum atomic E-state index is -0.699. The number of unbranched alkanes of at least 4 members (excludes halogenated alkanes) is 1. The first-order chi connectivity index (χ1) is 17.7. The van der Waals surface area contributed by atoms with Gasteiger partial charge in [0.25, 0.3) is 0 Å². The molecule has 1 heterocycles. The lowest BCUT2D eigenvalue weighted by Crippen LogP contribution is -2.43. The van der Waals surface area contributed by atoms with Gasteiger partial charge in [0.1, 0.15) is 6.04 Å². The number of methoxy groups -OCH3 is 1. The van der Waals surface area contributed by atoms with Gasteiger partial charge in [-0.2, -0.15) is 0 Å². The molecule has 198 valence electrons. The van der Waals surface area contributed by atoms with Crippen molar-refractivity contribution in [3.63, 3.8) is 0 Å². The average molecular weight is 503 g/mol. The number of ether oxygens (including phenoxy) is 1. The van der Waals surface area contributed by atoms with Gasteiger partial charge in [0.05, 0.1) is 7.11 Å². The van der Waals surface area contributed by atoms with E-state index in [1.165, 1.54) is 30.2 Å². The molecule has 0 saturated heterocycles. The first kappa shape index (κ1) is 27.0. The van der Waals surface area contributed by atoms with E-state index < -0.39 is 12.0 Å². The van der Waals surface area contributed by atoms with E-state index in [-0.39, 0.29) is 11.3 Å². The predicted octanol–water partition coefficient (Wildman–Crippen LogP) is 6.59. The molecule has 2 aromatic carbocycles. The summed E-state index contributed by atoms with van der Waals surface area (Å²) in [5.41, 5.74) is 6.54. The standard InChI is InChI=1S/C32H42N2O3/c1-21(2)23-15-16-27-24(18-23)14-13-22(3)32(27,4)17-9-8-12-30(35)34-29(31(36)37-5)19-25-20-33-28-11-7-6-10-26(25)28/h6-7,10-11,15-16,18,20-22,29,33H,8-9,12-14,17,19H2,1-5H3,(H,34,35)/t22-,29-,32+/m1/s1. The van der Waals surface area contributed by atoms with Gasteiger partial charge in [-0.3, -0.25) is 4.79 Å². The van der Waals surface area contributed by atoms with E-state index in [4.69, 9.17) is 4.74 Å². The van der Waals surface area contributed by atoms with Crippen molar-refractivity contribution in [2.75, 3.05) is 7.11 Å². The van der Waals surface area contributed by atoms with E-state index in [1.54, 1.807) is 0 Å². The molecule has 0 aliphatic heterocycles. The predicted molar refractivity (Wildman–Crippen MR) is 150 cm³/mol. The monoisotopic (exact) mass is 502 g/mol. The number of carbonyl (C=O) groups is 2. The van der Waals surface area contributed by atoms with Gasteiger partial charge in [-0.1, -0.05) is 70.5 Å². The van der Waals surface area contributed by atoms with Crippen LogP contribution in [0.4, 0.5) is 0 Å². The minimum Gasteiger partial charge on any atom is -0.467 e. The van der Waals surface area contributed by atoms with Crippen molar-refractivity contribution in [1.29, 1.82) is 0 Å². The Labute approximate surface area is 221 Å². The lowest BCUT2D eigenvalue weighted by atomic mass is 9.62. The van der Waals surface area contributed by atoms with Gasteiger partial charge in [0.15, 0.2) is 0 Å². The topological polar surface area (TPSA) is 71.2 Å². The molecule has 1 aliphatic carbocycles. The molecule has 3 atom stereocenters. The zero-order valence-corrected chi connectivity index (χ0v) is 23.0. The van der Waals surface area contributed by atoms with Gasteiger partial charge >= 0.3 is 5.97 Å². The fourth-order valence-electron chi connectivity index (χ4n) is 5.97. The Morgan fingerprint density at radius 2 is 1.95 bits per heavy atom. The van der Waals surface area contributed by atoms with Crippen molar-refractivity contribution in [3.8, 4) is 0 Å². The van der Waals surface area contributed by atoms with Crippen LogP contribution in [0.25, 0.3) is 10.9 Å². The molecule has 0 unspecified atom stereocenters. The molecule has 5 heteroatoms.